The van der Waals surface area contributed by atoms with Crippen LogP contribution in [0.5, 0.6) is 0 Å². The highest BCUT2D eigenvalue weighted by Crippen LogP contribution is 2.38. The standard InChI is InChI=1S/C19H20FN3O.C2H4O2/c1-12-5-6-15(8-18(12)13-7-14(20)11-21-10-13)22-19(24)23-16-3-2-4-17(23)9-16;1-4-2-3/h5-8,10-11,16-17H,2-4,9H2,1H3,(H,22,24);2H,1H3/t16-,17+;. The van der Waals surface area contributed by atoms with Crippen LogP contribution in [-0.4, -0.2) is 41.6 Å². The number of hydrogen-bond donors (Lipinski definition) is 1. The van der Waals surface area contributed by atoms with Crippen molar-refractivity contribution in [2.75, 3.05) is 12.4 Å². The number of nitrogens with one attached hydrogen (secondary N) is 1. The molecule has 28 heavy (non-hydrogen) atoms. The highest BCUT2D eigenvalue weighted by atomic mass is 19.1. The minimum absolute atomic E-state index is 0.0249. The van der Waals surface area contributed by atoms with Gasteiger partial charge in [0.15, 0.2) is 0 Å². The molecule has 2 bridgehead atoms. The van der Waals surface area contributed by atoms with E-state index in [1.54, 1.807) is 6.20 Å². The van der Waals surface area contributed by atoms with Gasteiger partial charge in [-0.1, -0.05) is 6.07 Å². The van der Waals surface area contributed by atoms with Gasteiger partial charge in [-0.05, 0) is 61.9 Å². The molecule has 4 rings (SSSR count). The summed E-state index contributed by atoms with van der Waals surface area (Å²) in [6.45, 7) is 2.34. The maximum Gasteiger partial charge on any atom is 0.322 e. The average Bonchev–Trinajstić information content (AvgIpc) is 2.70. The largest absolute Gasteiger partial charge is 0.471 e. The van der Waals surface area contributed by atoms with Gasteiger partial charge in [0.25, 0.3) is 6.47 Å². The number of pyridine rings is 1. The van der Waals surface area contributed by atoms with E-state index in [0.29, 0.717) is 24.1 Å². The van der Waals surface area contributed by atoms with Crippen LogP contribution in [0.1, 0.15) is 31.2 Å². The van der Waals surface area contributed by atoms with Crippen molar-refractivity contribution in [2.24, 2.45) is 0 Å². The first-order chi connectivity index (χ1) is 13.5. The summed E-state index contributed by atoms with van der Waals surface area (Å²) in [6, 6.07) is 7.96. The second kappa shape index (κ2) is 8.82. The molecule has 2 amide bonds. The number of carbonyl (C=O) groups excluding carboxylic acids is 2. The van der Waals surface area contributed by atoms with Crippen molar-refractivity contribution in [3.8, 4) is 11.1 Å². The van der Waals surface area contributed by atoms with E-state index >= 15 is 0 Å². The molecule has 1 aromatic heterocycles. The van der Waals surface area contributed by atoms with Crippen molar-refractivity contribution in [1.29, 1.82) is 0 Å². The summed E-state index contributed by atoms with van der Waals surface area (Å²) in [7, 11) is 1.31. The van der Waals surface area contributed by atoms with Gasteiger partial charge < -0.3 is 15.0 Å². The summed E-state index contributed by atoms with van der Waals surface area (Å²) in [4.78, 5) is 27.4. The highest BCUT2D eigenvalue weighted by molar-refractivity contribution is 5.91. The van der Waals surface area contributed by atoms with Crippen LogP contribution in [0, 0.1) is 12.7 Å². The maximum absolute atomic E-state index is 13.4. The Morgan fingerprint density at radius 3 is 2.61 bits per heavy atom. The molecule has 7 heteroatoms. The van der Waals surface area contributed by atoms with Gasteiger partial charge in [-0.3, -0.25) is 9.78 Å². The fourth-order valence-corrected chi connectivity index (χ4v) is 3.89. The predicted molar refractivity (Wildman–Crippen MR) is 104 cm³/mol. The van der Waals surface area contributed by atoms with Crippen LogP contribution in [0.25, 0.3) is 11.1 Å². The normalized spacial score (nSPS) is 19.6. The average molecular weight is 385 g/mol. The fourth-order valence-electron chi connectivity index (χ4n) is 3.89. The Morgan fingerprint density at radius 2 is 2.00 bits per heavy atom. The van der Waals surface area contributed by atoms with Crippen molar-refractivity contribution in [3.05, 3.63) is 48.0 Å². The molecular formula is C21H24FN3O3. The number of ether oxygens (including phenoxy) is 1. The first-order valence-electron chi connectivity index (χ1n) is 9.30. The first kappa shape index (κ1) is 19.8. The van der Waals surface area contributed by atoms with E-state index in [1.165, 1.54) is 25.8 Å². The van der Waals surface area contributed by atoms with Crippen molar-refractivity contribution in [1.82, 2.24) is 9.88 Å². The number of aryl methyl sites for hydroxylation is 1. The van der Waals surface area contributed by atoms with E-state index in [4.69, 9.17) is 4.79 Å². The molecule has 3 heterocycles. The van der Waals surface area contributed by atoms with Crippen molar-refractivity contribution in [3.63, 3.8) is 0 Å². The summed E-state index contributed by atoms with van der Waals surface area (Å²) < 4.78 is 17.3. The molecule has 2 fully saturated rings. The number of halogens is 1. The third-order valence-electron chi connectivity index (χ3n) is 5.24. The Bertz CT molecular complexity index is 845. The first-order valence-corrected chi connectivity index (χ1v) is 9.30. The molecule has 0 unspecified atom stereocenters. The zero-order chi connectivity index (χ0) is 20.1. The van der Waals surface area contributed by atoms with Gasteiger partial charge >= 0.3 is 6.03 Å². The number of anilines is 1. The molecule has 2 aliphatic heterocycles. The van der Waals surface area contributed by atoms with E-state index in [2.05, 4.69) is 15.0 Å². The van der Waals surface area contributed by atoms with Crippen LogP contribution in [-0.2, 0) is 9.53 Å². The zero-order valence-electron chi connectivity index (χ0n) is 16.0. The van der Waals surface area contributed by atoms with Gasteiger partial charge in [0.2, 0.25) is 0 Å². The summed E-state index contributed by atoms with van der Waals surface area (Å²) in [5.41, 5.74) is 3.34. The Balaban J connectivity index is 0.000000516. The van der Waals surface area contributed by atoms with Crippen molar-refractivity contribution in [2.45, 2.75) is 44.7 Å². The maximum atomic E-state index is 13.4. The quantitative estimate of drug-likeness (QED) is 0.806. The summed E-state index contributed by atoms with van der Waals surface area (Å²) in [6.07, 6.45) is 7.40. The second-order valence-electron chi connectivity index (χ2n) is 7.07. The number of benzene rings is 1. The minimum Gasteiger partial charge on any atom is -0.471 e. The van der Waals surface area contributed by atoms with E-state index < -0.39 is 0 Å². The number of methoxy groups -OCH3 is 1. The molecule has 1 N–H and O–H groups in total. The molecule has 6 nitrogen and oxygen atoms in total. The molecule has 0 aliphatic carbocycles. The number of fused-ring (bicyclic) bond motifs is 2. The van der Waals surface area contributed by atoms with Crippen molar-refractivity contribution >= 4 is 18.2 Å². The molecule has 2 aromatic rings. The lowest BCUT2D eigenvalue weighted by Crippen LogP contribution is -2.62. The fraction of sp³-hybridized carbons (Fsp3) is 0.381. The monoisotopic (exact) mass is 385 g/mol. The topological polar surface area (TPSA) is 71.5 Å². The number of piperidine rings is 1. The second-order valence-corrected chi connectivity index (χ2v) is 7.07. The van der Waals surface area contributed by atoms with Crippen LogP contribution >= 0.6 is 0 Å². The number of urea groups is 1. The predicted octanol–water partition coefficient (Wildman–Crippen LogP) is 4.14. The number of amides is 2. The molecule has 2 aliphatic rings. The third-order valence-corrected chi connectivity index (χ3v) is 5.24. The van der Waals surface area contributed by atoms with Crippen LogP contribution in [0.3, 0.4) is 0 Å². The summed E-state index contributed by atoms with van der Waals surface area (Å²) in [5.74, 6) is -0.366. The molecule has 0 radical (unpaired) electrons. The molecular weight excluding hydrogens is 361 g/mol. The summed E-state index contributed by atoms with van der Waals surface area (Å²) in [5, 5.41) is 3.00. The Morgan fingerprint density at radius 1 is 1.29 bits per heavy atom. The van der Waals surface area contributed by atoms with E-state index in [0.717, 1.165) is 36.1 Å². The Hall–Kier alpha value is -2.96. The lowest BCUT2D eigenvalue weighted by molar-refractivity contribution is -0.126. The molecule has 148 valence electrons. The van der Waals surface area contributed by atoms with Gasteiger partial charge in [0.05, 0.1) is 13.3 Å². The van der Waals surface area contributed by atoms with Crippen LogP contribution in [0.2, 0.25) is 0 Å². The van der Waals surface area contributed by atoms with E-state index in [1.807, 2.05) is 30.0 Å². The SMILES string of the molecule is COC=O.Cc1ccc(NC(=O)N2[C@@H]3CCC[C@H]2C3)cc1-c1cncc(F)c1. The van der Waals surface area contributed by atoms with Crippen molar-refractivity contribution < 1.29 is 18.7 Å². The molecule has 0 saturated carbocycles. The Kier molecular flexibility index (Phi) is 6.23. The summed E-state index contributed by atoms with van der Waals surface area (Å²) >= 11 is 0. The van der Waals surface area contributed by atoms with Gasteiger partial charge in [0.1, 0.15) is 5.82 Å². The van der Waals surface area contributed by atoms with Crippen LogP contribution in [0.4, 0.5) is 14.9 Å². The van der Waals surface area contributed by atoms with Gasteiger partial charge in [-0.2, -0.15) is 0 Å². The number of rotatable bonds is 3. The van der Waals surface area contributed by atoms with E-state index in [9.17, 15) is 9.18 Å². The van der Waals surface area contributed by atoms with E-state index in [-0.39, 0.29) is 11.8 Å². The minimum atomic E-state index is -0.366. The number of nitrogens with zero attached hydrogens (tertiary/aromatic N) is 2. The smallest absolute Gasteiger partial charge is 0.322 e. The number of aromatic nitrogens is 1. The molecule has 1 aromatic carbocycles. The number of hydrogen-bond acceptors (Lipinski definition) is 4. The highest BCUT2D eigenvalue weighted by Gasteiger charge is 2.44. The Labute approximate surface area is 163 Å². The number of carbonyl (C=O) groups is 2. The van der Waals surface area contributed by atoms with Gasteiger partial charge in [-0.15, -0.1) is 0 Å². The zero-order valence-corrected chi connectivity index (χ0v) is 16.0. The van der Waals surface area contributed by atoms with Crippen LogP contribution in [0.15, 0.2) is 36.7 Å². The van der Waals surface area contributed by atoms with Gasteiger partial charge in [0, 0.05) is 29.5 Å². The van der Waals surface area contributed by atoms with Crippen LogP contribution < -0.4 is 5.32 Å². The molecule has 2 saturated heterocycles. The lowest BCUT2D eigenvalue weighted by Gasteiger charge is -2.52. The molecule has 0 spiro atoms. The lowest BCUT2D eigenvalue weighted by atomic mass is 9.80. The van der Waals surface area contributed by atoms with Gasteiger partial charge in [-0.25, -0.2) is 9.18 Å². The molecule has 2 atom stereocenters. The third kappa shape index (κ3) is 4.30.